The average molecular weight is 491 g/mol. The number of hydrogen-bond acceptors (Lipinski definition) is 8. The minimum atomic E-state index is -2.32. The van der Waals surface area contributed by atoms with Crippen molar-refractivity contribution in [1.29, 1.82) is 0 Å². The second-order valence-electron chi connectivity index (χ2n) is 9.15. The van der Waals surface area contributed by atoms with Gasteiger partial charge in [0.1, 0.15) is 13.1 Å². The SMILES string of the molecule is C[N+](C)(C)C[C@@H](CC(=O)O)OC(=O)C(O)C(O)C(=O)O[C@H](CC(=O)O)C[N+](C)(C)C.[H-].[H-].[H-].[H-].[Mg+2].[Mg+2]. The molecule has 0 heterocycles. The predicted octanol–water partition coefficient (Wildman–Crippen LogP) is -2.42. The second-order valence-corrected chi connectivity index (χ2v) is 9.15. The van der Waals surface area contributed by atoms with Crippen LogP contribution >= 0.6 is 0 Å². The maximum atomic E-state index is 12.1. The zero-order valence-corrected chi connectivity index (χ0v) is 22.5. The molecule has 0 aromatic rings. The van der Waals surface area contributed by atoms with Crippen LogP contribution in [0.1, 0.15) is 18.5 Å². The minimum absolute atomic E-state index is 0. The monoisotopic (exact) mass is 490 g/mol. The van der Waals surface area contributed by atoms with Crippen LogP contribution in [-0.4, -0.2) is 179 Å². The Morgan fingerprint density at radius 3 is 1.12 bits per heavy atom. The summed E-state index contributed by atoms with van der Waals surface area (Å²) in [4.78, 5) is 46.2. The molecule has 0 amide bonds. The molecule has 0 aliphatic rings. The smallest absolute Gasteiger partial charge is 1.00 e. The van der Waals surface area contributed by atoms with Gasteiger partial charge in [0.15, 0.2) is 24.4 Å². The van der Waals surface area contributed by atoms with Crippen LogP contribution in [0.4, 0.5) is 0 Å². The number of aliphatic carboxylic acids is 2. The van der Waals surface area contributed by atoms with E-state index in [4.69, 9.17) is 19.7 Å². The number of carbonyl (C=O) groups excluding carboxylic acids is 2. The van der Waals surface area contributed by atoms with Crippen LogP contribution in [0.25, 0.3) is 0 Å². The van der Waals surface area contributed by atoms with E-state index in [0.717, 1.165) is 0 Å². The van der Waals surface area contributed by atoms with Crippen molar-refractivity contribution in [2.75, 3.05) is 55.4 Å². The van der Waals surface area contributed by atoms with Crippen LogP contribution in [0.2, 0.25) is 0 Å². The number of carboxylic acid groups (broad SMARTS) is 2. The molecule has 4 atom stereocenters. The number of aliphatic hydroxyl groups excluding tert-OH is 2. The minimum Gasteiger partial charge on any atom is -1.00 e. The van der Waals surface area contributed by atoms with Gasteiger partial charge in [-0.3, -0.25) is 9.59 Å². The molecule has 0 saturated heterocycles. The molecule has 0 fully saturated rings. The largest absolute Gasteiger partial charge is 2.00 e. The molecular weight excluding hydrogens is 453 g/mol. The Bertz CT molecular complexity index is 598. The molecule has 2 unspecified atom stereocenters. The van der Waals surface area contributed by atoms with Gasteiger partial charge in [-0.25, -0.2) is 9.59 Å². The van der Waals surface area contributed by atoms with E-state index in [0.29, 0.717) is 0 Å². The molecule has 182 valence electrons. The zero-order valence-electron chi connectivity index (χ0n) is 23.7. The molecule has 32 heavy (non-hydrogen) atoms. The van der Waals surface area contributed by atoms with Crippen LogP contribution in [0.3, 0.4) is 0 Å². The number of carboxylic acids is 2. The first-order valence-electron chi connectivity index (χ1n) is 9.23. The molecule has 0 rings (SSSR count). The summed E-state index contributed by atoms with van der Waals surface area (Å²) >= 11 is 0. The van der Waals surface area contributed by atoms with Crippen molar-refractivity contribution in [2.45, 2.75) is 37.3 Å². The first kappa shape index (κ1) is 35.8. The summed E-state index contributed by atoms with van der Waals surface area (Å²) in [6.07, 6.45) is -7.92. The summed E-state index contributed by atoms with van der Waals surface area (Å²) in [5.41, 5.74) is 0. The topological polar surface area (TPSA) is 168 Å². The van der Waals surface area contributed by atoms with Crippen molar-refractivity contribution in [1.82, 2.24) is 0 Å². The first-order valence-corrected chi connectivity index (χ1v) is 9.23. The Balaban J connectivity index is -0.000000280. The summed E-state index contributed by atoms with van der Waals surface area (Å²) in [5, 5.41) is 37.9. The molecule has 0 aromatic heterocycles. The van der Waals surface area contributed by atoms with Crippen molar-refractivity contribution in [2.24, 2.45) is 0 Å². The fraction of sp³-hybridized carbons (Fsp3) is 0.778. The molecule has 0 radical (unpaired) electrons. The summed E-state index contributed by atoms with van der Waals surface area (Å²) in [7, 11) is 10.4. The standard InChI is InChI=1S/C18H32N2O10.2Mg.4H/c1-19(2,3)9-11(7-13(21)22)29-17(27)15(25)16(26)18(28)30-12(8-14(23)24)10-20(4,5)6;;;;;;/h11-12,15-16,25-26H,7-10H2,1-6H3;;;;;;/q;2*+2;4*-1/p+2/t11-,12-,15?,16?;;;;;;/m1....../s1. The summed E-state index contributed by atoms with van der Waals surface area (Å²) in [5.74, 6) is -5.24. The van der Waals surface area contributed by atoms with Gasteiger partial charge in [0.05, 0.1) is 55.1 Å². The van der Waals surface area contributed by atoms with Crippen molar-refractivity contribution in [3.63, 3.8) is 0 Å². The number of hydrogen-bond donors (Lipinski definition) is 4. The Labute approximate surface area is 225 Å². The Morgan fingerprint density at radius 2 is 0.938 bits per heavy atom. The quantitative estimate of drug-likeness (QED) is 0.124. The molecule has 0 bridgehead atoms. The van der Waals surface area contributed by atoms with Crippen LogP contribution in [0, 0.1) is 0 Å². The number of rotatable bonds is 13. The third-order valence-electron chi connectivity index (χ3n) is 3.65. The zero-order chi connectivity index (χ0) is 23.9. The van der Waals surface area contributed by atoms with E-state index in [1.54, 1.807) is 42.3 Å². The molecule has 0 saturated carbocycles. The normalized spacial score (nSPS) is 15.1. The van der Waals surface area contributed by atoms with Crippen molar-refractivity contribution >= 4 is 70.0 Å². The molecule has 4 N–H and O–H groups in total. The van der Waals surface area contributed by atoms with Gasteiger partial charge in [0.25, 0.3) is 0 Å². The van der Waals surface area contributed by atoms with Gasteiger partial charge in [-0.15, -0.1) is 0 Å². The number of likely N-dealkylation sites (N-methyl/N-ethyl adjacent to an activating group) is 2. The maximum absolute atomic E-state index is 12.1. The van der Waals surface area contributed by atoms with E-state index in [1.807, 2.05) is 0 Å². The predicted molar refractivity (Wildman–Crippen MR) is 118 cm³/mol. The molecule has 0 spiro atoms. The van der Waals surface area contributed by atoms with Crippen LogP contribution in [0.15, 0.2) is 0 Å². The van der Waals surface area contributed by atoms with Gasteiger partial charge >= 0.3 is 70.0 Å². The summed E-state index contributed by atoms with van der Waals surface area (Å²) in [6, 6.07) is 0. The van der Waals surface area contributed by atoms with Gasteiger partial charge in [-0.1, -0.05) is 0 Å². The van der Waals surface area contributed by atoms with Gasteiger partial charge in [0, 0.05) is 0 Å². The third-order valence-corrected chi connectivity index (χ3v) is 3.65. The number of aliphatic hydroxyl groups is 2. The van der Waals surface area contributed by atoms with Crippen LogP contribution in [0.5, 0.6) is 0 Å². The molecule has 0 aliphatic heterocycles. The van der Waals surface area contributed by atoms with Crippen LogP contribution in [-0.2, 0) is 28.7 Å². The van der Waals surface area contributed by atoms with Gasteiger partial charge < -0.3 is 44.6 Å². The number of quaternary nitrogens is 2. The van der Waals surface area contributed by atoms with Gasteiger partial charge in [0.2, 0.25) is 0 Å². The second kappa shape index (κ2) is 15.2. The summed E-state index contributed by atoms with van der Waals surface area (Å²) < 4.78 is 10.5. The van der Waals surface area contributed by atoms with Crippen molar-refractivity contribution < 1.29 is 63.8 Å². The number of carbonyl (C=O) groups is 4. The number of ether oxygens (including phenoxy) is 2. The maximum Gasteiger partial charge on any atom is 2.00 e. The Kier molecular flexibility index (Phi) is 17.0. The van der Waals surface area contributed by atoms with Crippen molar-refractivity contribution in [3.8, 4) is 0 Å². The fourth-order valence-electron chi connectivity index (χ4n) is 2.62. The molecule has 12 nitrogen and oxygen atoms in total. The van der Waals surface area contributed by atoms with Crippen molar-refractivity contribution in [3.05, 3.63) is 0 Å². The number of nitrogens with zero attached hydrogens (tertiary/aromatic N) is 2. The summed E-state index contributed by atoms with van der Waals surface area (Å²) in [6.45, 7) is 0.213. The molecule has 0 aromatic carbocycles. The fourth-order valence-corrected chi connectivity index (χ4v) is 2.62. The third kappa shape index (κ3) is 16.8. The van der Waals surface area contributed by atoms with Gasteiger partial charge in [-0.2, -0.15) is 0 Å². The van der Waals surface area contributed by atoms with E-state index in [1.165, 1.54) is 0 Å². The average Bonchev–Trinajstić information content (AvgIpc) is 2.48. The van der Waals surface area contributed by atoms with E-state index in [2.05, 4.69) is 0 Å². The Hall–Kier alpha value is -0.748. The number of esters is 2. The molecular formula is C18H38Mg2N2O10+2. The van der Waals surface area contributed by atoms with E-state index in [-0.39, 0.29) is 73.9 Å². The Morgan fingerprint density at radius 1 is 0.688 bits per heavy atom. The van der Waals surface area contributed by atoms with E-state index >= 15 is 0 Å². The molecule has 14 heteroatoms. The first-order chi connectivity index (χ1) is 13.4. The van der Waals surface area contributed by atoms with E-state index < -0.39 is 61.1 Å². The molecule has 0 aliphatic carbocycles. The van der Waals surface area contributed by atoms with Crippen LogP contribution < -0.4 is 0 Å². The van der Waals surface area contributed by atoms with E-state index in [9.17, 15) is 29.4 Å². The van der Waals surface area contributed by atoms with Gasteiger partial charge in [-0.05, 0) is 0 Å².